The van der Waals surface area contributed by atoms with Crippen LogP contribution in [0, 0.1) is 17.0 Å². The Morgan fingerprint density at radius 1 is 1.18 bits per heavy atom. The number of benzene rings is 2. The molecule has 0 radical (unpaired) electrons. The molecule has 4 rings (SSSR count). The maximum Gasteiger partial charge on any atom is 0.274 e. The summed E-state index contributed by atoms with van der Waals surface area (Å²) in [6, 6.07) is 14.0. The van der Waals surface area contributed by atoms with Crippen molar-refractivity contribution in [2.24, 2.45) is 0 Å². The molecule has 1 N–H and O–H groups in total. The molecule has 0 bridgehead atoms. The molecule has 0 aliphatic rings. The fourth-order valence-corrected chi connectivity index (χ4v) is 3.90. The Kier molecular flexibility index (Phi) is 4.40. The van der Waals surface area contributed by atoms with Crippen molar-refractivity contribution in [2.45, 2.75) is 6.92 Å². The van der Waals surface area contributed by atoms with Crippen molar-refractivity contribution in [3.05, 3.63) is 69.1 Å². The van der Waals surface area contributed by atoms with Gasteiger partial charge in [-0.25, -0.2) is 4.98 Å². The van der Waals surface area contributed by atoms with E-state index >= 15 is 0 Å². The van der Waals surface area contributed by atoms with E-state index in [0.29, 0.717) is 16.1 Å². The van der Waals surface area contributed by atoms with Crippen molar-refractivity contribution in [1.29, 1.82) is 0 Å². The molecule has 0 atom stereocenters. The van der Waals surface area contributed by atoms with Gasteiger partial charge in [0, 0.05) is 22.9 Å². The molecule has 2 heterocycles. The van der Waals surface area contributed by atoms with Gasteiger partial charge in [0.05, 0.1) is 33.7 Å². The van der Waals surface area contributed by atoms with Gasteiger partial charge in [0.2, 0.25) is 0 Å². The molecule has 140 valence electrons. The molecule has 7 nitrogen and oxygen atoms in total. The summed E-state index contributed by atoms with van der Waals surface area (Å²) < 4.78 is 5.23. The Morgan fingerprint density at radius 3 is 2.75 bits per heavy atom. The predicted octanol–water partition coefficient (Wildman–Crippen LogP) is 4.93. The highest BCUT2D eigenvalue weighted by Gasteiger charge is 2.17. The topological polar surface area (TPSA) is 94.4 Å². The lowest BCUT2D eigenvalue weighted by molar-refractivity contribution is -0.385. The number of nitro benzene ring substituents is 1. The minimum atomic E-state index is -0.464. The number of carbonyl (C=O) groups is 1. The lowest BCUT2D eigenvalue weighted by Gasteiger charge is -2.07. The highest BCUT2D eigenvalue weighted by atomic mass is 32.1. The number of pyridine rings is 1. The monoisotopic (exact) mass is 393 g/mol. The van der Waals surface area contributed by atoms with Crippen LogP contribution in [0.3, 0.4) is 0 Å². The molecule has 28 heavy (non-hydrogen) atoms. The number of anilines is 1. The van der Waals surface area contributed by atoms with Crippen LogP contribution in [-0.4, -0.2) is 22.9 Å². The first-order chi connectivity index (χ1) is 13.5. The third kappa shape index (κ3) is 3.14. The lowest BCUT2D eigenvalue weighted by atomic mass is 10.1. The zero-order valence-electron chi connectivity index (χ0n) is 15.1. The number of hydrogen-bond acceptors (Lipinski definition) is 6. The molecule has 0 saturated carbocycles. The molecule has 0 unspecified atom stereocenters. The van der Waals surface area contributed by atoms with Crippen molar-refractivity contribution >= 4 is 49.7 Å². The van der Waals surface area contributed by atoms with E-state index in [1.54, 1.807) is 32.2 Å². The van der Waals surface area contributed by atoms with Gasteiger partial charge in [-0.3, -0.25) is 14.9 Å². The first-order valence-corrected chi connectivity index (χ1v) is 9.21. The minimum Gasteiger partial charge on any atom is -0.497 e. The number of amides is 1. The average Bonchev–Trinajstić information content (AvgIpc) is 3.10. The Balaban J connectivity index is 1.69. The van der Waals surface area contributed by atoms with E-state index < -0.39 is 4.92 Å². The number of rotatable bonds is 4. The SMILES string of the molecule is COc1ccc2cc3cc(C(=O)Nc4cccc([N+](=O)[O-])c4C)sc3nc2c1. The van der Waals surface area contributed by atoms with Gasteiger partial charge in [-0.05, 0) is 37.3 Å². The maximum absolute atomic E-state index is 12.7. The number of hydrogen-bond donors (Lipinski definition) is 1. The lowest BCUT2D eigenvalue weighted by Crippen LogP contribution is -2.11. The van der Waals surface area contributed by atoms with Crippen molar-refractivity contribution in [2.75, 3.05) is 12.4 Å². The van der Waals surface area contributed by atoms with Gasteiger partial charge in [0.25, 0.3) is 11.6 Å². The number of carbonyl (C=O) groups excluding carboxylic acids is 1. The number of aromatic nitrogens is 1. The highest BCUT2D eigenvalue weighted by molar-refractivity contribution is 7.20. The van der Waals surface area contributed by atoms with Crippen LogP contribution in [0.2, 0.25) is 0 Å². The van der Waals surface area contributed by atoms with E-state index in [1.165, 1.54) is 17.4 Å². The summed E-state index contributed by atoms with van der Waals surface area (Å²) in [5, 5.41) is 15.7. The summed E-state index contributed by atoms with van der Waals surface area (Å²) >= 11 is 1.27. The first-order valence-electron chi connectivity index (χ1n) is 8.40. The maximum atomic E-state index is 12.7. The van der Waals surface area contributed by atoms with Gasteiger partial charge in [0.15, 0.2) is 0 Å². The van der Waals surface area contributed by atoms with Crippen LogP contribution < -0.4 is 10.1 Å². The van der Waals surface area contributed by atoms with Crippen LogP contribution in [0.15, 0.2) is 48.5 Å². The molecule has 8 heteroatoms. The summed E-state index contributed by atoms with van der Waals surface area (Å²) in [5.74, 6) is 0.392. The van der Waals surface area contributed by atoms with Crippen LogP contribution >= 0.6 is 11.3 Å². The van der Waals surface area contributed by atoms with Gasteiger partial charge in [0.1, 0.15) is 10.6 Å². The van der Waals surface area contributed by atoms with Crippen LogP contribution in [0.1, 0.15) is 15.2 Å². The Hall–Kier alpha value is -3.52. The molecule has 4 aromatic rings. The summed E-state index contributed by atoms with van der Waals surface area (Å²) in [6.45, 7) is 1.61. The predicted molar refractivity (Wildman–Crippen MR) is 109 cm³/mol. The van der Waals surface area contributed by atoms with Crippen molar-refractivity contribution in [1.82, 2.24) is 4.98 Å². The van der Waals surface area contributed by atoms with Crippen LogP contribution in [-0.2, 0) is 0 Å². The Morgan fingerprint density at radius 2 is 2.00 bits per heavy atom. The molecule has 2 aromatic heterocycles. The number of nitrogens with zero attached hydrogens (tertiary/aromatic N) is 2. The summed E-state index contributed by atoms with van der Waals surface area (Å²) in [6.07, 6.45) is 0. The van der Waals surface area contributed by atoms with Crippen molar-refractivity contribution < 1.29 is 14.5 Å². The van der Waals surface area contributed by atoms with E-state index in [0.717, 1.165) is 26.9 Å². The molecule has 0 fully saturated rings. The molecular formula is C20H15N3O4S. The minimum absolute atomic E-state index is 0.0315. The number of fused-ring (bicyclic) bond motifs is 2. The quantitative estimate of drug-likeness (QED) is 0.392. The Labute approximate surface area is 163 Å². The average molecular weight is 393 g/mol. The highest BCUT2D eigenvalue weighted by Crippen LogP contribution is 2.30. The third-order valence-electron chi connectivity index (χ3n) is 4.48. The molecule has 0 spiro atoms. The number of ether oxygens (including phenoxy) is 1. The van der Waals surface area contributed by atoms with Crippen molar-refractivity contribution in [3.8, 4) is 5.75 Å². The molecule has 1 amide bonds. The van der Waals surface area contributed by atoms with E-state index in [1.807, 2.05) is 24.3 Å². The van der Waals surface area contributed by atoms with Gasteiger partial charge < -0.3 is 10.1 Å². The van der Waals surface area contributed by atoms with Gasteiger partial charge >= 0.3 is 0 Å². The first kappa shape index (κ1) is 17.9. The van der Waals surface area contributed by atoms with E-state index in [4.69, 9.17) is 4.74 Å². The second-order valence-electron chi connectivity index (χ2n) is 6.21. The number of thiophene rings is 1. The zero-order chi connectivity index (χ0) is 19.8. The molecule has 0 aliphatic carbocycles. The number of nitrogens with one attached hydrogen (secondary N) is 1. The van der Waals surface area contributed by atoms with Crippen LogP contribution in [0.5, 0.6) is 5.75 Å². The molecule has 0 saturated heterocycles. The summed E-state index contributed by atoms with van der Waals surface area (Å²) in [4.78, 5) is 29.2. The van der Waals surface area contributed by atoms with Gasteiger partial charge in [-0.2, -0.15) is 0 Å². The van der Waals surface area contributed by atoms with Gasteiger partial charge in [-0.1, -0.05) is 6.07 Å². The van der Waals surface area contributed by atoms with Gasteiger partial charge in [-0.15, -0.1) is 11.3 Å². The fraction of sp³-hybridized carbons (Fsp3) is 0.100. The number of nitro groups is 1. The van der Waals surface area contributed by atoms with E-state index in [9.17, 15) is 14.9 Å². The normalized spacial score (nSPS) is 10.9. The summed E-state index contributed by atoms with van der Waals surface area (Å²) in [7, 11) is 1.60. The summed E-state index contributed by atoms with van der Waals surface area (Å²) in [5.41, 5.74) is 1.59. The molecule has 2 aromatic carbocycles. The van der Waals surface area contributed by atoms with Crippen LogP contribution in [0.25, 0.3) is 21.1 Å². The standard InChI is InChI=1S/C20H15N3O4S/c1-11-15(4-3-5-17(11)23(25)26)21-19(24)18-9-13-8-12-6-7-14(27-2)10-16(12)22-20(13)28-18/h3-10H,1-2H3,(H,21,24). The van der Waals surface area contributed by atoms with E-state index in [-0.39, 0.29) is 11.6 Å². The Bertz CT molecular complexity index is 1250. The largest absolute Gasteiger partial charge is 0.497 e. The molecular weight excluding hydrogens is 378 g/mol. The fourth-order valence-electron chi connectivity index (χ4n) is 2.99. The second-order valence-corrected chi connectivity index (χ2v) is 7.24. The smallest absolute Gasteiger partial charge is 0.274 e. The van der Waals surface area contributed by atoms with E-state index in [2.05, 4.69) is 10.3 Å². The third-order valence-corrected chi connectivity index (χ3v) is 5.53. The molecule has 0 aliphatic heterocycles. The second kappa shape index (κ2) is 6.90. The van der Waals surface area contributed by atoms with Crippen LogP contribution in [0.4, 0.5) is 11.4 Å². The zero-order valence-corrected chi connectivity index (χ0v) is 15.9. The number of methoxy groups -OCH3 is 1. The van der Waals surface area contributed by atoms with Crippen molar-refractivity contribution in [3.63, 3.8) is 0 Å².